The van der Waals surface area contributed by atoms with Crippen LogP contribution < -0.4 is 0 Å². The number of benzene rings is 9. The van der Waals surface area contributed by atoms with Crippen LogP contribution in [0.5, 0.6) is 23.0 Å². The van der Waals surface area contributed by atoms with Crippen molar-refractivity contribution in [2.75, 3.05) is 0 Å². The number of carbonyl (C=O) groups excluding carboxylic acids is 3. The van der Waals surface area contributed by atoms with Crippen LogP contribution in [0.25, 0.3) is 16.3 Å². The van der Waals surface area contributed by atoms with E-state index in [1.807, 2.05) is 277 Å². The normalized spacial score (nSPS) is 9.08. The van der Waals surface area contributed by atoms with Gasteiger partial charge in [-0.2, -0.15) is 12.1 Å². The molecule has 0 aliphatic rings. The van der Waals surface area contributed by atoms with Crippen molar-refractivity contribution >= 4 is 71.0 Å². The molecule has 22 heteroatoms. The Hall–Kier alpha value is -10.0. The van der Waals surface area contributed by atoms with Crippen LogP contribution in [-0.2, 0) is 65.6 Å². The quantitative estimate of drug-likeness (QED) is 0.0204. The molecule has 0 amide bonds. The number of carbonyl (C=O) groups is 1. The predicted molar refractivity (Wildman–Crippen MR) is 440 cm³/mol. The fourth-order valence-electron chi connectivity index (χ4n) is 6.26. The Morgan fingerprint density at radius 2 is 0.462 bits per heavy atom. The monoisotopic (exact) mass is 1590 g/mol. The molecule has 0 bridgehead atoms. The number of nitrogens with zero attached hydrogens (tertiary/aromatic N) is 12. The molecule has 0 atom stereocenters. The maximum Gasteiger partial charge on any atom is 2.00 e. The van der Waals surface area contributed by atoms with Gasteiger partial charge in [0, 0.05) is 16.7 Å². The molecule has 0 heterocycles. The van der Waals surface area contributed by atoms with Crippen molar-refractivity contribution in [3.8, 4) is 23.0 Å². The third-order valence-corrected chi connectivity index (χ3v) is 10.2. The van der Waals surface area contributed by atoms with E-state index in [9.17, 15) is 30.0 Å². The summed E-state index contributed by atoms with van der Waals surface area (Å²) >= 11 is 0. The van der Waals surface area contributed by atoms with Gasteiger partial charge in [0.25, 0.3) is 0 Å². The van der Waals surface area contributed by atoms with Crippen LogP contribution in [-0.4, -0.2) is 57.3 Å². The predicted octanol–water partition coefficient (Wildman–Crippen LogP) is 27.4. The first-order valence-electron chi connectivity index (χ1n) is 35.4. The van der Waals surface area contributed by atoms with E-state index in [2.05, 4.69) is 62.3 Å². The van der Waals surface area contributed by atoms with Crippen LogP contribution in [0.15, 0.2) is 283 Å². The minimum Gasteiger partial charge on any atom is -0.571 e. The van der Waals surface area contributed by atoms with E-state index in [-0.39, 0.29) is 91.7 Å². The molecule has 0 saturated carbocycles. The fraction of sp³-hybridized carbons (Fsp3) is 0.286. The van der Waals surface area contributed by atoms with Gasteiger partial charge in [-0.25, -0.2) is 10.2 Å². The number of phenolic OH excluding ortho intramolecular Hbond substituents is 4. The van der Waals surface area contributed by atoms with E-state index in [0.29, 0.717) is 61.9 Å². The van der Waals surface area contributed by atoms with Gasteiger partial charge in [-0.1, -0.05) is 365 Å². The van der Waals surface area contributed by atoms with E-state index in [1.54, 1.807) is 121 Å². The molecule has 0 aliphatic heterocycles. The Morgan fingerprint density at radius 3 is 0.689 bits per heavy atom. The van der Waals surface area contributed by atoms with Crippen molar-refractivity contribution in [2.24, 2.45) is 46.0 Å². The zero-order valence-corrected chi connectivity index (χ0v) is 69.3. The molecular weight excluding hydrogens is 1480 g/mol. The number of para-hydroxylation sites is 4. The van der Waals surface area contributed by atoms with Gasteiger partial charge in [-0.3, -0.25) is 0 Å². The number of amidine groups is 3. The first-order chi connectivity index (χ1) is 50.8. The number of azo groups is 3. The molecular formula is C84H117Cu3N12O7. The van der Waals surface area contributed by atoms with Crippen molar-refractivity contribution in [3.05, 3.63) is 281 Å². The van der Waals surface area contributed by atoms with E-state index in [1.165, 1.54) is 24.3 Å². The average Bonchev–Trinajstić information content (AvgIpc) is 0.874. The van der Waals surface area contributed by atoms with Crippen molar-refractivity contribution in [3.63, 3.8) is 0 Å². The molecule has 9 aromatic carbocycles. The molecule has 0 aromatic heterocycles. The molecule has 0 fully saturated rings. The summed E-state index contributed by atoms with van der Waals surface area (Å²) in [6.07, 6.45) is 3.65. The summed E-state index contributed by atoms with van der Waals surface area (Å²) in [5.41, 5.74) is 16.9. The Bertz CT molecular complexity index is 3450. The average molecular weight is 1600 g/mol. The smallest absolute Gasteiger partial charge is 0.571 e. The van der Waals surface area contributed by atoms with Crippen LogP contribution in [0.1, 0.15) is 194 Å². The minimum atomic E-state index is 0. The standard InChI is InChI=1S/2C20H14N4O2.C19H15N4O2.12C2H6.CH2O.3Cu/c2*25-14-16-10-4-5-11-17(16)21-23-20(15-8-2-1-3-9-15)24-22-18-12-6-7-13-19(18)26;24-17-12-6-4-10-15(17)20-22-19(14-8-2-1-3-9-14)23-21-16-11-5-7-13-18(16)25;13*1-2;;;/h2*1-13H,(H-,21,22,23,24,25,26);1-13H,(H2-,20,21,22,23,24,25);12*1-2H3;1H2;;;/q2*-2;-1;;;;;;;;;;;;;;+1;2*+2. The molecule has 0 saturated heterocycles. The Morgan fingerprint density at radius 1 is 0.274 bits per heavy atom. The van der Waals surface area contributed by atoms with Gasteiger partial charge in [0.15, 0.2) is 17.5 Å². The topological polar surface area (TPSA) is 286 Å². The molecule has 588 valence electrons. The molecule has 2 radical (unpaired) electrons. The maximum absolute atomic E-state index is 11.0. The summed E-state index contributed by atoms with van der Waals surface area (Å²) in [6, 6.07) is 67.5. The zero-order valence-electron chi connectivity index (χ0n) is 66.5. The van der Waals surface area contributed by atoms with Gasteiger partial charge in [0.1, 0.15) is 35.5 Å². The molecule has 0 unspecified atom stereocenters. The summed E-state index contributed by atoms with van der Waals surface area (Å²) in [4.78, 5) is 30.0. The van der Waals surface area contributed by atoms with Gasteiger partial charge in [0.05, 0.1) is 12.6 Å². The van der Waals surface area contributed by atoms with Gasteiger partial charge < -0.3 is 66.4 Å². The minimum absolute atomic E-state index is 0. The molecule has 19 nitrogen and oxygen atoms in total. The molecule has 9 aromatic rings. The molecule has 4 N–H and O–H groups in total. The van der Waals surface area contributed by atoms with E-state index in [0.717, 1.165) is 0 Å². The maximum atomic E-state index is 11.0. The van der Waals surface area contributed by atoms with E-state index < -0.39 is 0 Å². The summed E-state index contributed by atoms with van der Waals surface area (Å²) in [6.45, 7) is 50.0. The van der Waals surface area contributed by atoms with E-state index >= 15 is 0 Å². The van der Waals surface area contributed by atoms with Gasteiger partial charge in [-0.15, -0.1) is 43.7 Å². The number of phenols is 4. The van der Waals surface area contributed by atoms with Gasteiger partial charge in [0.2, 0.25) is 0 Å². The van der Waals surface area contributed by atoms with Crippen LogP contribution >= 0.6 is 0 Å². The van der Waals surface area contributed by atoms with Gasteiger partial charge >= 0.3 is 51.2 Å². The molecule has 106 heavy (non-hydrogen) atoms. The third kappa shape index (κ3) is 51.2. The van der Waals surface area contributed by atoms with Crippen molar-refractivity contribution in [1.82, 2.24) is 0 Å². The van der Waals surface area contributed by atoms with Crippen LogP contribution in [0.2, 0.25) is 0 Å². The molecule has 0 aliphatic carbocycles. The van der Waals surface area contributed by atoms with Crippen LogP contribution in [0, 0.1) is 0 Å². The van der Waals surface area contributed by atoms with Gasteiger partial charge in [-0.05, 0) is 41.7 Å². The SMILES string of the molecule is C=O.CC.CC.CC.CC.CC.CC.CC.CC.CC.CC.CC.CC.O=[C-]c1ccccc1N=NC(=N[N-]c1ccccc1O)c1ccccc1.O=[C-]c1ccccc1N=NC(=N[N-]c1ccccc1O)c1ccccc1.Oc1ccccc1N=NC(=N[N-]c1ccccc1O)c1ccccc1.[Cu+2].[Cu+2].[Cu+]. The first-order valence-corrected chi connectivity index (χ1v) is 35.4. The van der Waals surface area contributed by atoms with Crippen molar-refractivity contribution in [2.45, 2.75) is 166 Å². The summed E-state index contributed by atoms with van der Waals surface area (Å²) in [5, 5.41) is 76.2. The number of aromatic hydroxyl groups is 4. The molecule has 0 spiro atoms. The third-order valence-electron chi connectivity index (χ3n) is 10.2. The summed E-state index contributed by atoms with van der Waals surface area (Å²) in [7, 11) is 0. The summed E-state index contributed by atoms with van der Waals surface area (Å²) < 4.78 is 0. The first kappa shape index (κ1) is 117. The second kappa shape index (κ2) is 89.2. The molecule has 9 rings (SSSR count). The van der Waals surface area contributed by atoms with E-state index in [4.69, 9.17) is 4.79 Å². The number of hydrogen-bond acceptors (Lipinski definition) is 13. The zero-order chi connectivity index (χ0) is 79.9. The van der Waals surface area contributed by atoms with Crippen molar-refractivity contribution < 1.29 is 86.0 Å². The number of hydrogen-bond donors (Lipinski definition) is 4. The summed E-state index contributed by atoms with van der Waals surface area (Å²) in [5.74, 6) is 0.826. The Kier molecular flexibility index (Phi) is 98.5. The van der Waals surface area contributed by atoms with Crippen LogP contribution in [0.3, 0.4) is 0 Å². The number of rotatable bonds is 14. The second-order valence-corrected chi connectivity index (χ2v) is 15.5. The van der Waals surface area contributed by atoms with Crippen molar-refractivity contribution in [1.29, 1.82) is 0 Å². The van der Waals surface area contributed by atoms with Crippen LogP contribution in [0.4, 0.5) is 34.1 Å². The fourth-order valence-corrected chi connectivity index (χ4v) is 6.26. The second-order valence-electron chi connectivity index (χ2n) is 15.5. The largest absolute Gasteiger partial charge is 2.00 e. The Balaban J connectivity index is -0.000000139. The Labute approximate surface area is 668 Å².